The second-order valence-corrected chi connectivity index (χ2v) is 0. The largest absolute Gasteiger partial charge is 1.00 e. The van der Waals surface area contributed by atoms with E-state index in [1.165, 1.54) is 0 Å². The molecule has 0 aromatic rings. The van der Waals surface area contributed by atoms with Crippen LogP contribution >= 0.6 is 25.9 Å². The van der Waals surface area contributed by atoms with Crippen LogP contribution in [0.5, 0.6) is 0 Å². The second-order valence-electron chi connectivity index (χ2n) is 0. The lowest BCUT2D eigenvalue weighted by molar-refractivity contribution is -0.001000. The van der Waals surface area contributed by atoms with Gasteiger partial charge >= 0.3 is 0 Å². The Kier molecular flexibility index (Phi) is 1030000. The molecule has 0 spiro atoms. The summed E-state index contributed by atoms with van der Waals surface area (Å²) in [6.45, 7) is 0. The van der Waals surface area contributed by atoms with Crippen molar-refractivity contribution in [3.05, 3.63) is 0 Å². The maximum Gasteiger partial charge on any atom is -0.147 e. The first kappa shape index (κ1) is 3430. The minimum Gasteiger partial charge on any atom is -1.00 e. The van der Waals surface area contributed by atoms with E-state index in [-0.39, 0.29) is 49.4 Å². The van der Waals surface area contributed by atoms with E-state index in [9.17, 15) is 0 Å². The molecule has 0 atom stereocenters. The van der Waals surface area contributed by atoms with Gasteiger partial charge in [-0.2, -0.15) is 13.5 Å². The van der Waals surface area contributed by atoms with Crippen molar-refractivity contribution in [2.75, 3.05) is 0 Å². The Bertz CT molecular complexity index is 8.04. The SMILES string of the molecule is Cl.S.[F-].[F-].[F-].[F-].[F-]. The van der Waals surface area contributed by atoms with Gasteiger partial charge in [0.05, 0.1) is 0 Å². The van der Waals surface area contributed by atoms with Gasteiger partial charge in [-0.3, -0.25) is 0 Å². The summed E-state index contributed by atoms with van der Waals surface area (Å²) in [5.74, 6) is 0. The molecule has 0 aromatic heterocycles. The summed E-state index contributed by atoms with van der Waals surface area (Å²) in [5.41, 5.74) is 0. The third kappa shape index (κ3) is 1380. The molecule has 0 N–H and O–H groups in total. The van der Waals surface area contributed by atoms with Gasteiger partial charge in [0.15, 0.2) is 0 Å². The van der Waals surface area contributed by atoms with Gasteiger partial charge in [-0.1, -0.05) is 0 Å². The molecule has 0 nitrogen and oxygen atoms in total. The maximum atomic E-state index is 0. The van der Waals surface area contributed by atoms with Crippen molar-refractivity contribution in [2.24, 2.45) is 0 Å². The first-order valence-corrected chi connectivity index (χ1v) is 0. The van der Waals surface area contributed by atoms with Gasteiger partial charge < -0.3 is 23.5 Å². The molecule has 0 aliphatic carbocycles. The number of rotatable bonds is 0. The van der Waals surface area contributed by atoms with E-state index in [2.05, 4.69) is 0 Å². The molecule has 0 bridgehead atoms. The Morgan fingerprint density at radius 3 is 0.429 bits per heavy atom. The van der Waals surface area contributed by atoms with Gasteiger partial charge in [-0.05, 0) is 0 Å². The Labute approximate surface area is 50.4 Å². The lowest BCUT2D eigenvalue weighted by atomic mass is 19.0. The molecule has 0 aliphatic rings. The zero-order chi connectivity index (χ0) is 0. The molecule has 0 saturated heterocycles. The minimum absolute atomic E-state index is 0. The van der Waals surface area contributed by atoms with E-state index in [4.69, 9.17) is 0 Å². The number of halogens is 6. The third-order valence-electron chi connectivity index (χ3n) is 0. The lowest BCUT2D eigenvalue weighted by Gasteiger charge is -1.00. The van der Waals surface area contributed by atoms with E-state index in [0.29, 0.717) is 0 Å². The van der Waals surface area contributed by atoms with Crippen LogP contribution in [0.4, 0.5) is 0 Å². The highest BCUT2D eigenvalue weighted by Gasteiger charge is -0.147. The predicted octanol–water partition coefficient (Wildman–Crippen LogP) is -14.4. The van der Waals surface area contributed by atoms with Crippen LogP contribution in [0.15, 0.2) is 0 Å². The van der Waals surface area contributed by atoms with Crippen LogP contribution in [0, 0.1) is 0 Å². The molecule has 0 unspecified atom stereocenters. The predicted molar refractivity (Wildman–Crippen MR) is 17.6 cm³/mol. The summed E-state index contributed by atoms with van der Waals surface area (Å²) < 4.78 is 0. The van der Waals surface area contributed by atoms with Gasteiger partial charge in [0.1, 0.15) is 0 Å². The lowest BCUT2D eigenvalue weighted by Crippen LogP contribution is -3.00. The molecule has 0 fully saturated rings. The average Bonchev–Trinajstić information content (AvgIpc) is 0. The van der Waals surface area contributed by atoms with Crippen molar-refractivity contribution < 1.29 is 23.5 Å². The molecule has 0 aromatic carbocycles. The van der Waals surface area contributed by atoms with Crippen LogP contribution < -0.4 is 23.5 Å². The second kappa shape index (κ2) is 2090. The molecule has 0 radical (unpaired) electrons. The van der Waals surface area contributed by atoms with Crippen molar-refractivity contribution >= 4 is 25.9 Å². The molecule has 7 heavy (non-hydrogen) atoms. The van der Waals surface area contributed by atoms with Gasteiger partial charge in [-0.25, -0.2) is 0 Å². The Balaban J connectivity index is 0. The van der Waals surface area contributed by atoms with E-state index in [1.54, 1.807) is 0 Å². The fraction of sp³-hybridized carbons (Fsp3) is 0. The van der Waals surface area contributed by atoms with Crippen LogP contribution in [0.3, 0.4) is 0 Å². The Morgan fingerprint density at radius 2 is 0.429 bits per heavy atom. The third-order valence-corrected chi connectivity index (χ3v) is 0. The van der Waals surface area contributed by atoms with E-state index < -0.39 is 0 Å². The summed E-state index contributed by atoms with van der Waals surface area (Å²) >= 11 is 0. The fourth-order valence-electron chi connectivity index (χ4n) is 0. The topological polar surface area (TPSA) is 0 Å². The van der Waals surface area contributed by atoms with Crippen LogP contribution in [-0.2, 0) is 0 Å². The highest BCUT2D eigenvalue weighted by molar-refractivity contribution is 7.59. The van der Waals surface area contributed by atoms with Crippen molar-refractivity contribution in [2.45, 2.75) is 0 Å². The molecule has 0 saturated carbocycles. The summed E-state index contributed by atoms with van der Waals surface area (Å²) in [4.78, 5) is 0. The number of hydrogen-bond donors (Lipinski definition) is 0. The first-order valence-electron chi connectivity index (χ1n) is 0. The Hall–Kier alpha value is 0.290. The molecular weight excluding hydrogens is 163 g/mol. The molecule has 0 amide bonds. The summed E-state index contributed by atoms with van der Waals surface area (Å²) in [5, 5.41) is 0. The zero-order valence-corrected chi connectivity index (χ0v) is 4.61. The maximum absolute atomic E-state index is 0. The van der Waals surface area contributed by atoms with Crippen molar-refractivity contribution in [1.82, 2.24) is 0 Å². The van der Waals surface area contributed by atoms with E-state index in [1.807, 2.05) is 0 Å². The van der Waals surface area contributed by atoms with Crippen molar-refractivity contribution in [3.8, 4) is 0 Å². The smallest absolute Gasteiger partial charge is 0.147 e. The van der Waals surface area contributed by atoms with Crippen LogP contribution in [0.2, 0.25) is 0 Å². The normalized spacial score (nSPS) is 0. The molecule has 0 heterocycles. The van der Waals surface area contributed by atoms with Gasteiger partial charge in [0, 0.05) is 0 Å². The van der Waals surface area contributed by atoms with Gasteiger partial charge in [-0.15, -0.1) is 12.4 Å². The standard InChI is InChI=1S/ClH.5FH.H2S/h6*1H;1H2/p-5. The fourth-order valence-corrected chi connectivity index (χ4v) is 0. The first-order chi connectivity index (χ1) is 0. The highest BCUT2D eigenvalue weighted by atomic mass is 35.5. The van der Waals surface area contributed by atoms with Gasteiger partial charge in [0.25, 0.3) is 0 Å². The monoisotopic (exact) mass is 165 g/mol. The number of hydrogen-bond acceptors (Lipinski definition) is 0. The Morgan fingerprint density at radius 1 is 0.429 bits per heavy atom. The van der Waals surface area contributed by atoms with Crippen molar-refractivity contribution in [1.29, 1.82) is 0 Å². The van der Waals surface area contributed by atoms with Crippen molar-refractivity contribution in [3.63, 3.8) is 0 Å². The molecule has 56 valence electrons. The highest BCUT2D eigenvalue weighted by Crippen LogP contribution is 0.690. The van der Waals surface area contributed by atoms with Gasteiger partial charge in [0.2, 0.25) is 0 Å². The summed E-state index contributed by atoms with van der Waals surface area (Å²) in [7, 11) is 0. The quantitative estimate of drug-likeness (QED) is 0.313. The van der Waals surface area contributed by atoms with E-state index >= 15 is 0 Å². The molecule has 7 heteroatoms. The molecule has 0 aliphatic heterocycles. The average molecular weight is 166 g/mol. The minimum atomic E-state index is 0. The summed E-state index contributed by atoms with van der Waals surface area (Å²) in [6, 6.07) is 0. The van der Waals surface area contributed by atoms with Crippen LogP contribution in [-0.4, -0.2) is 0 Å². The van der Waals surface area contributed by atoms with Crippen LogP contribution in [0.1, 0.15) is 0 Å². The van der Waals surface area contributed by atoms with Crippen LogP contribution in [0.25, 0.3) is 0 Å². The molecular formula is H3ClF5S-5. The molecule has 0 rings (SSSR count). The zero-order valence-electron chi connectivity index (χ0n) is 2.80. The van der Waals surface area contributed by atoms with E-state index in [0.717, 1.165) is 0 Å². The summed E-state index contributed by atoms with van der Waals surface area (Å²) in [6.07, 6.45) is 0.